The Labute approximate surface area is 106 Å². The van der Waals surface area contributed by atoms with Crippen LogP contribution in [0.4, 0.5) is 0 Å². The van der Waals surface area contributed by atoms with Crippen molar-refractivity contribution in [3.63, 3.8) is 0 Å². The van der Waals surface area contributed by atoms with Crippen molar-refractivity contribution in [2.75, 3.05) is 18.6 Å². The third-order valence-corrected chi connectivity index (χ3v) is 4.61. The topological polar surface area (TPSA) is 12.0 Å². The molecular formula is C14H29NS. The van der Waals surface area contributed by atoms with Crippen molar-refractivity contribution in [3.05, 3.63) is 0 Å². The van der Waals surface area contributed by atoms with Crippen LogP contribution in [0.2, 0.25) is 0 Å². The molecule has 0 atom stereocenters. The largest absolute Gasteiger partial charge is 0.314 e. The molecule has 0 aliphatic heterocycles. The van der Waals surface area contributed by atoms with Gasteiger partial charge in [0.2, 0.25) is 0 Å². The minimum atomic E-state index is 0.518. The van der Waals surface area contributed by atoms with Gasteiger partial charge in [0.15, 0.2) is 0 Å². The molecule has 0 bridgehead atoms. The van der Waals surface area contributed by atoms with E-state index in [-0.39, 0.29) is 0 Å². The summed E-state index contributed by atoms with van der Waals surface area (Å²) in [5, 5.41) is 3.72. The van der Waals surface area contributed by atoms with Gasteiger partial charge < -0.3 is 5.32 Å². The van der Waals surface area contributed by atoms with E-state index in [9.17, 15) is 0 Å². The van der Waals surface area contributed by atoms with Crippen LogP contribution in [0.15, 0.2) is 0 Å². The van der Waals surface area contributed by atoms with Crippen LogP contribution in [-0.2, 0) is 0 Å². The molecule has 1 aliphatic carbocycles. The standard InChI is InChI=1S/C14H29NS/c1-14(2,3)12-6-8-13(9-7-12)15-10-5-11-16-4/h12-13,15H,5-11H2,1-4H3. The van der Waals surface area contributed by atoms with Crippen molar-refractivity contribution < 1.29 is 0 Å². The first kappa shape index (κ1) is 14.4. The molecule has 0 amide bonds. The van der Waals surface area contributed by atoms with E-state index in [0.717, 1.165) is 12.0 Å². The van der Waals surface area contributed by atoms with Gasteiger partial charge in [0, 0.05) is 6.04 Å². The molecular weight excluding hydrogens is 214 g/mol. The number of nitrogens with one attached hydrogen (secondary N) is 1. The van der Waals surface area contributed by atoms with E-state index in [1.807, 2.05) is 11.8 Å². The summed E-state index contributed by atoms with van der Waals surface area (Å²) in [4.78, 5) is 0. The molecule has 0 spiro atoms. The first-order valence-corrected chi connectivity index (χ1v) is 8.15. The van der Waals surface area contributed by atoms with E-state index in [1.165, 1.54) is 44.4 Å². The monoisotopic (exact) mass is 243 g/mol. The van der Waals surface area contributed by atoms with Crippen LogP contribution in [0.25, 0.3) is 0 Å². The molecule has 16 heavy (non-hydrogen) atoms. The number of hydrogen-bond acceptors (Lipinski definition) is 2. The molecule has 0 unspecified atom stereocenters. The van der Waals surface area contributed by atoms with E-state index in [4.69, 9.17) is 0 Å². The maximum absolute atomic E-state index is 3.72. The van der Waals surface area contributed by atoms with E-state index in [2.05, 4.69) is 32.3 Å². The summed E-state index contributed by atoms with van der Waals surface area (Å²) >= 11 is 1.95. The summed E-state index contributed by atoms with van der Waals surface area (Å²) in [6, 6.07) is 0.806. The van der Waals surface area contributed by atoms with Gasteiger partial charge >= 0.3 is 0 Å². The van der Waals surface area contributed by atoms with E-state index in [1.54, 1.807) is 0 Å². The van der Waals surface area contributed by atoms with Crippen LogP contribution < -0.4 is 5.32 Å². The third kappa shape index (κ3) is 5.09. The second-order valence-electron chi connectivity index (χ2n) is 6.22. The molecule has 0 heterocycles. The predicted octanol–water partition coefficient (Wildman–Crippen LogP) is 3.93. The maximum Gasteiger partial charge on any atom is 0.00672 e. The fourth-order valence-electron chi connectivity index (χ4n) is 2.69. The van der Waals surface area contributed by atoms with Gasteiger partial charge in [-0.05, 0) is 62.0 Å². The van der Waals surface area contributed by atoms with Gasteiger partial charge in [0.1, 0.15) is 0 Å². The summed E-state index contributed by atoms with van der Waals surface area (Å²) in [6.07, 6.45) is 9.13. The van der Waals surface area contributed by atoms with E-state index < -0.39 is 0 Å². The summed E-state index contributed by atoms with van der Waals surface area (Å²) in [5.41, 5.74) is 0.518. The quantitative estimate of drug-likeness (QED) is 0.734. The summed E-state index contributed by atoms with van der Waals surface area (Å²) in [7, 11) is 0. The minimum Gasteiger partial charge on any atom is -0.314 e. The fourth-order valence-corrected chi connectivity index (χ4v) is 3.12. The molecule has 0 radical (unpaired) electrons. The average molecular weight is 243 g/mol. The second kappa shape index (κ2) is 6.90. The van der Waals surface area contributed by atoms with E-state index in [0.29, 0.717) is 5.41 Å². The van der Waals surface area contributed by atoms with Crippen molar-refractivity contribution in [1.29, 1.82) is 0 Å². The van der Waals surface area contributed by atoms with Gasteiger partial charge in [0.25, 0.3) is 0 Å². The molecule has 1 rings (SSSR count). The highest BCUT2D eigenvalue weighted by Crippen LogP contribution is 2.37. The van der Waals surface area contributed by atoms with Crippen LogP contribution in [-0.4, -0.2) is 24.6 Å². The smallest absolute Gasteiger partial charge is 0.00672 e. The number of hydrogen-bond donors (Lipinski definition) is 1. The van der Waals surface area contributed by atoms with Crippen LogP contribution >= 0.6 is 11.8 Å². The zero-order chi connectivity index (χ0) is 12.0. The predicted molar refractivity (Wildman–Crippen MR) is 76.2 cm³/mol. The lowest BCUT2D eigenvalue weighted by Gasteiger charge is -2.37. The van der Waals surface area contributed by atoms with Gasteiger partial charge in [-0.25, -0.2) is 0 Å². The molecule has 1 nitrogen and oxygen atoms in total. The Morgan fingerprint density at radius 2 is 1.75 bits per heavy atom. The number of rotatable bonds is 5. The Kier molecular flexibility index (Phi) is 6.20. The third-order valence-electron chi connectivity index (χ3n) is 3.91. The normalized spacial score (nSPS) is 27.0. The molecule has 0 aromatic heterocycles. The Morgan fingerprint density at radius 3 is 2.25 bits per heavy atom. The van der Waals surface area contributed by atoms with E-state index >= 15 is 0 Å². The highest BCUT2D eigenvalue weighted by atomic mass is 32.2. The molecule has 0 saturated heterocycles. The van der Waals surface area contributed by atoms with Gasteiger partial charge in [0.05, 0.1) is 0 Å². The van der Waals surface area contributed by atoms with Crippen molar-refractivity contribution in [1.82, 2.24) is 5.32 Å². The summed E-state index contributed by atoms with van der Waals surface area (Å²) < 4.78 is 0. The summed E-state index contributed by atoms with van der Waals surface area (Å²) in [5.74, 6) is 2.24. The van der Waals surface area contributed by atoms with Gasteiger partial charge in [-0.15, -0.1) is 0 Å². The van der Waals surface area contributed by atoms with Crippen molar-refractivity contribution in [2.24, 2.45) is 11.3 Å². The molecule has 1 aliphatic rings. The zero-order valence-corrected chi connectivity index (χ0v) is 12.3. The Bertz CT molecular complexity index is 178. The van der Waals surface area contributed by atoms with Gasteiger partial charge in [-0.2, -0.15) is 11.8 Å². The molecule has 2 heteroatoms. The molecule has 1 saturated carbocycles. The lowest BCUT2D eigenvalue weighted by Crippen LogP contribution is -2.36. The molecule has 96 valence electrons. The minimum absolute atomic E-state index is 0.518. The zero-order valence-electron chi connectivity index (χ0n) is 11.5. The van der Waals surface area contributed by atoms with Gasteiger partial charge in [-0.3, -0.25) is 0 Å². The fraction of sp³-hybridized carbons (Fsp3) is 1.00. The number of thioether (sulfide) groups is 1. The molecule has 1 fully saturated rings. The second-order valence-corrected chi connectivity index (χ2v) is 7.20. The highest BCUT2D eigenvalue weighted by molar-refractivity contribution is 7.98. The van der Waals surface area contributed by atoms with Crippen molar-refractivity contribution >= 4 is 11.8 Å². The van der Waals surface area contributed by atoms with Crippen LogP contribution in [0, 0.1) is 11.3 Å². The van der Waals surface area contributed by atoms with Crippen LogP contribution in [0.1, 0.15) is 52.9 Å². The van der Waals surface area contributed by atoms with Crippen molar-refractivity contribution in [2.45, 2.75) is 58.9 Å². The Morgan fingerprint density at radius 1 is 1.12 bits per heavy atom. The lowest BCUT2D eigenvalue weighted by atomic mass is 9.71. The van der Waals surface area contributed by atoms with Crippen LogP contribution in [0.5, 0.6) is 0 Å². The average Bonchev–Trinajstić information content (AvgIpc) is 2.24. The first-order chi connectivity index (χ1) is 7.54. The van der Waals surface area contributed by atoms with Crippen molar-refractivity contribution in [3.8, 4) is 0 Å². The highest BCUT2D eigenvalue weighted by Gasteiger charge is 2.29. The molecule has 0 aromatic carbocycles. The molecule has 1 N–H and O–H groups in total. The lowest BCUT2D eigenvalue weighted by molar-refractivity contribution is 0.160. The SMILES string of the molecule is CSCCCNC1CCC(C(C)(C)C)CC1. The van der Waals surface area contributed by atoms with Crippen LogP contribution in [0.3, 0.4) is 0 Å². The summed E-state index contributed by atoms with van der Waals surface area (Å²) in [6.45, 7) is 8.39. The first-order valence-electron chi connectivity index (χ1n) is 6.76. The maximum atomic E-state index is 3.72. The Hall–Kier alpha value is 0.310. The Balaban J connectivity index is 2.12. The van der Waals surface area contributed by atoms with Gasteiger partial charge in [-0.1, -0.05) is 20.8 Å². The molecule has 0 aromatic rings.